The van der Waals surface area contributed by atoms with Gasteiger partial charge in [0.2, 0.25) is 5.91 Å². The minimum absolute atomic E-state index is 0. The Morgan fingerprint density at radius 3 is 2.79 bits per heavy atom. The van der Waals surface area contributed by atoms with Crippen LogP contribution in [0.3, 0.4) is 0 Å². The summed E-state index contributed by atoms with van der Waals surface area (Å²) >= 11 is 0. The number of nitrogens with one attached hydrogen (secondary N) is 1. The van der Waals surface area contributed by atoms with E-state index in [1.165, 1.54) is 19.3 Å². The van der Waals surface area contributed by atoms with E-state index in [2.05, 4.69) is 24.1 Å². The lowest BCUT2D eigenvalue weighted by Crippen LogP contribution is -2.32. The fourth-order valence-corrected chi connectivity index (χ4v) is 3.12. The first-order chi connectivity index (χ1) is 8.57. The van der Waals surface area contributed by atoms with Gasteiger partial charge in [-0.3, -0.25) is 4.79 Å². The number of carbonyl (C=O) groups excluding carboxylic acids is 1. The van der Waals surface area contributed by atoms with Crippen LogP contribution < -0.4 is 5.32 Å². The molecular formula is C15H29ClN2O. The second-order valence-electron chi connectivity index (χ2n) is 6.80. The molecule has 1 atom stereocenters. The van der Waals surface area contributed by atoms with Crippen LogP contribution in [-0.4, -0.2) is 37.0 Å². The smallest absolute Gasteiger partial charge is 0.222 e. The summed E-state index contributed by atoms with van der Waals surface area (Å²) < 4.78 is 0. The molecule has 1 unspecified atom stereocenters. The van der Waals surface area contributed by atoms with E-state index < -0.39 is 0 Å². The number of halogens is 1. The summed E-state index contributed by atoms with van der Waals surface area (Å²) in [5.41, 5.74) is 0.421. The molecule has 0 bridgehead atoms. The van der Waals surface area contributed by atoms with Gasteiger partial charge in [0.1, 0.15) is 0 Å². The van der Waals surface area contributed by atoms with Crippen molar-refractivity contribution in [1.82, 2.24) is 10.2 Å². The first-order valence-corrected chi connectivity index (χ1v) is 7.55. The molecule has 2 aliphatic heterocycles. The van der Waals surface area contributed by atoms with Crippen LogP contribution in [0.2, 0.25) is 0 Å². The van der Waals surface area contributed by atoms with E-state index in [1.54, 1.807) is 0 Å². The van der Waals surface area contributed by atoms with Crippen LogP contribution in [0.15, 0.2) is 0 Å². The molecule has 112 valence electrons. The second kappa shape index (κ2) is 7.49. The van der Waals surface area contributed by atoms with E-state index in [9.17, 15) is 4.79 Å². The number of likely N-dealkylation sites (tertiary alicyclic amines) is 1. The maximum absolute atomic E-state index is 12.2. The van der Waals surface area contributed by atoms with Crippen LogP contribution >= 0.6 is 12.4 Å². The number of hydrogen-bond acceptors (Lipinski definition) is 2. The van der Waals surface area contributed by atoms with Crippen LogP contribution in [0, 0.1) is 11.3 Å². The Bertz CT molecular complexity index is 288. The highest BCUT2D eigenvalue weighted by Crippen LogP contribution is 2.30. The first kappa shape index (κ1) is 16.8. The zero-order valence-corrected chi connectivity index (χ0v) is 13.2. The minimum atomic E-state index is 0. The van der Waals surface area contributed by atoms with Gasteiger partial charge in [0, 0.05) is 19.5 Å². The predicted octanol–water partition coefficient (Wildman–Crippen LogP) is 2.84. The lowest BCUT2D eigenvalue weighted by atomic mass is 9.85. The molecule has 2 aliphatic rings. The van der Waals surface area contributed by atoms with Gasteiger partial charge in [0.25, 0.3) is 0 Å². The monoisotopic (exact) mass is 288 g/mol. The van der Waals surface area contributed by atoms with Crippen molar-refractivity contribution in [1.29, 1.82) is 0 Å². The van der Waals surface area contributed by atoms with Crippen LogP contribution in [0.5, 0.6) is 0 Å². The molecule has 0 spiro atoms. The molecule has 2 fully saturated rings. The molecule has 0 saturated carbocycles. The van der Waals surface area contributed by atoms with E-state index >= 15 is 0 Å². The largest absolute Gasteiger partial charge is 0.343 e. The van der Waals surface area contributed by atoms with Gasteiger partial charge >= 0.3 is 0 Å². The molecule has 2 rings (SSSR count). The SMILES string of the molecule is CC1(C)CCCN(C(=O)CCC2CCNC2)CC1.Cl. The quantitative estimate of drug-likeness (QED) is 0.866. The summed E-state index contributed by atoms with van der Waals surface area (Å²) in [4.78, 5) is 14.3. The van der Waals surface area contributed by atoms with Gasteiger partial charge in [-0.1, -0.05) is 13.8 Å². The normalized spacial score (nSPS) is 26.6. The molecule has 4 heteroatoms. The Morgan fingerprint density at radius 2 is 2.11 bits per heavy atom. The van der Waals surface area contributed by atoms with Gasteiger partial charge in [-0.05, 0) is 56.5 Å². The van der Waals surface area contributed by atoms with Crippen LogP contribution in [0.25, 0.3) is 0 Å². The lowest BCUT2D eigenvalue weighted by Gasteiger charge is -2.23. The van der Waals surface area contributed by atoms with Crippen molar-refractivity contribution in [3.63, 3.8) is 0 Å². The Kier molecular flexibility index (Phi) is 6.61. The third-order valence-electron chi connectivity index (χ3n) is 4.62. The number of hydrogen-bond donors (Lipinski definition) is 1. The van der Waals surface area contributed by atoms with E-state index in [0.29, 0.717) is 11.3 Å². The third kappa shape index (κ3) is 5.31. The van der Waals surface area contributed by atoms with Crippen LogP contribution in [0.1, 0.15) is 52.4 Å². The lowest BCUT2D eigenvalue weighted by molar-refractivity contribution is -0.131. The summed E-state index contributed by atoms with van der Waals surface area (Å²) in [5, 5.41) is 3.37. The van der Waals surface area contributed by atoms with Gasteiger partial charge in [0.15, 0.2) is 0 Å². The fourth-order valence-electron chi connectivity index (χ4n) is 3.12. The standard InChI is InChI=1S/C15H28N2O.ClH/c1-15(2)7-3-10-17(11-8-15)14(18)5-4-13-6-9-16-12-13;/h13,16H,3-12H2,1-2H3;1H. The Morgan fingerprint density at radius 1 is 1.32 bits per heavy atom. The average molecular weight is 289 g/mol. The summed E-state index contributed by atoms with van der Waals surface area (Å²) in [7, 11) is 0. The van der Waals surface area contributed by atoms with Crippen molar-refractivity contribution in [2.24, 2.45) is 11.3 Å². The molecule has 0 aromatic carbocycles. The molecule has 0 aliphatic carbocycles. The van der Waals surface area contributed by atoms with Gasteiger partial charge in [-0.2, -0.15) is 0 Å². The molecule has 19 heavy (non-hydrogen) atoms. The van der Waals surface area contributed by atoms with E-state index in [4.69, 9.17) is 0 Å². The topological polar surface area (TPSA) is 32.3 Å². The van der Waals surface area contributed by atoms with E-state index in [1.807, 2.05) is 0 Å². The molecule has 1 N–H and O–H groups in total. The number of rotatable bonds is 3. The van der Waals surface area contributed by atoms with E-state index in [0.717, 1.165) is 51.4 Å². The Hall–Kier alpha value is -0.280. The Labute approximate surface area is 123 Å². The van der Waals surface area contributed by atoms with Crippen molar-refractivity contribution < 1.29 is 4.79 Å². The van der Waals surface area contributed by atoms with E-state index in [-0.39, 0.29) is 12.4 Å². The summed E-state index contributed by atoms with van der Waals surface area (Å²) in [6.45, 7) is 8.84. The van der Waals surface area contributed by atoms with Crippen molar-refractivity contribution >= 4 is 18.3 Å². The number of amides is 1. The summed E-state index contributed by atoms with van der Waals surface area (Å²) in [6.07, 6.45) is 6.66. The molecule has 2 saturated heterocycles. The van der Waals surface area contributed by atoms with Crippen LogP contribution in [0.4, 0.5) is 0 Å². The zero-order valence-electron chi connectivity index (χ0n) is 12.4. The summed E-state index contributed by atoms with van der Waals surface area (Å²) in [5.74, 6) is 1.12. The fraction of sp³-hybridized carbons (Fsp3) is 0.933. The molecule has 0 radical (unpaired) electrons. The third-order valence-corrected chi connectivity index (χ3v) is 4.62. The highest BCUT2D eigenvalue weighted by atomic mass is 35.5. The van der Waals surface area contributed by atoms with Gasteiger partial charge in [0.05, 0.1) is 0 Å². The number of carbonyl (C=O) groups is 1. The van der Waals surface area contributed by atoms with Crippen molar-refractivity contribution in [3.8, 4) is 0 Å². The van der Waals surface area contributed by atoms with Gasteiger partial charge in [-0.25, -0.2) is 0 Å². The Balaban J connectivity index is 0.00000180. The molecule has 0 aromatic rings. The molecule has 2 heterocycles. The maximum Gasteiger partial charge on any atom is 0.222 e. The predicted molar refractivity (Wildman–Crippen MR) is 81.7 cm³/mol. The molecule has 3 nitrogen and oxygen atoms in total. The number of nitrogens with zero attached hydrogens (tertiary/aromatic N) is 1. The van der Waals surface area contributed by atoms with Crippen LogP contribution in [-0.2, 0) is 4.79 Å². The summed E-state index contributed by atoms with van der Waals surface area (Å²) in [6, 6.07) is 0. The van der Waals surface area contributed by atoms with Crippen molar-refractivity contribution in [3.05, 3.63) is 0 Å². The molecule has 1 amide bonds. The maximum atomic E-state index is 12.2. The molecular weight excluding hydrogens is 260 g/mol. The average Bonchev–Trinajstić information content (AvgIpc) is 2.77. The second-order valence-corrected chi connectivity index (χ2v) is 6.80. The zero-order chi connectivity index (χ0) is 13.0. The van der Waals surface area contributed by atoms with Crippen molar-refractivity contribution in [2.45, 2.75) is 52.4 Å². The minimum Gasteiger partial charge on any atom is -0.343 e. The molecule has 0 aromatic heterocycles. The first-order valence-electron chi connectivity index (χ1n) is 7.55. The highest BCUT2D eigenvalue weighted by molar-refractivity contribution is 5.85. The van der Waals surface area contributed by atoms with Crippen molar-refractivity contribution in [2.75, 3.05) is 26.2 Å². The van der Waals surface area contributed by atoms with Gasteiger partial charge in [-0.15, -0.1) is 12.4 Å². The van der Waals surface area contributed by atoms with Gasteiger partial charge < -0.3 is 10.2 Å². The highest BCUT2D eigenvalue weighted by Gasteiger charge is 2.25.